The Bertz CT molecular complexity index is 1030. The van der Waals surface area contributed by atoms with Crippen LogP contribution in [0.2, 0.25) is 10.0 Å². The summed E-state index contributed by atoms with van der Waals surface area (Å²) in [7, 11) is 1.57. The molecule has 0 saturated carbocycles. The molecule has 0 saturated heterocycles. The number of benzene rings is 1. The molecule has 7 nitrogen and oxygen atoms in total. The Hall–Kier alpha value is -2.61. The van der Waals surface area contributed by atoms with Crippen LogP contribution in [0.25, 0.3) is 5.69 Å². The molecule has 144 valence electrons. The molecular formula is C19H17Cl2N5O2. The van der Waals surface area contributed by atoms with E-state index in [2.05, 4.69) is 15.4 Å². The average molecular weight is 418 g/mol. The Morgan fingerprint density at radius 2 is 2.00 bits per heavy atom. The van der Waals surface area contributed by atoms with Crippen molar-refractivity contribution in [2.24, 2.45) is 4.99 Å². The van der Waals surface area contributed by atoms with E-state index >= 15 is 0 Å². The molecule has 0 bridgehead atoms. The van der Waals surface area contributed by atoms with E-state index in [1.165, 1.54) is 0 Å². The van der Waals surface area contributed by atoms with Gasteiger partial charge in [0.1, 0.15) is 24.0 Å². The van der Waals surface area contributed by atoms with Gasteiger partial charge in [0, 0.05) is 16.2 Å². The van der Waals surface area contributed by atoms with Crippen molar-refractivity contribution in [1.29, 1.82) is 0 Å². The van der Waals surface area contributed by atoms with Gasteiger partial charge in [0.05, 0.1) is 19.1 Å². The van der Waals surface area contributed by atoms with Gasteiger partial charge in [-0.2, -0.15) is 0 Å². The number of rotatable bonds is 4. The number of nitrogens with zero attached hydrogens (tertiary/aromatic N) is 4. The van der Waals surface area contributed by atoms with Crippen LogP contribution in [-0.2, 0) is 4.84 Å². The van der Waals surface area contributed by atoms with Crippen LogP contribution in [0.3, 0.4) is 0 Å². The highest BCUT2D eigenvalue weighted by Crippen LogP contribution is 2.28. The number of hydrogen-bond acceptors (Lipinski definition) is 6. The zero-order chi connectivity index (χ0) is 19.7. The van der Waals surface area contributed by atoms with Crippen LogP contribution in [0.1, 0.15) is 23.0 Å². The maximum Gasteiger partial charge on any atom is 0.238 e. The van der Waals surface area contributed by atoms with Gasteiger partial charge in [0.15, 0.2) is 5.84 Å². The molecule has 3 aromatic rings. The molecule has 3 heterocycles. The van der Waals surface area contributed by atoms with Gasteiger partial charge in [0.25, 0.3) is 0 Å². The van der Waals surface area contributed by atoms with E-state index in [1.54, 1.807) is 19.5 Å². The number of nitrogens with one attached hydrogen (secondary N) is 1. The molecule has 0 spiro atoms. The number of aromatic nitrogens is 3. The fourth-order valence-corrected chi connectivity index (χ4v) is 3.47. The first-order valence-corrected chi connectivity index (χ1v) is 9.27. The summed E-state index contributed by atoms with van der Waals surface area (Å²) in [6, 6.07) is 8.82. The lowest BCUT2D eigenvalue weighted by atomic mass is 10.1. The quantitative estimate of drug-likeness (QED) is 0.696. The van der Waals surface area contributed by atoms with E-state index in [0.29, 0.717) is 34.1 Å². The summed E-state index contributed by atoms with van der Waals surface area (Å²) in [6.07, 6.45) is 3.62. The highest BCUT2D eigenvalue weighted by molar-refractivity contribution is 6.34. The third kappa shape index (κ3) is 3.82. The van der Waals surface area contributed by atoms with E-state index in [1.807, 2.05) is 42.0 Å². The van der Waals surface area contributed by atoms with Gasteiger partial charge in [-0.05, 0) is 42.8 Å². The molecular weight excluding hydrogens is 401 g/mol. The monoisotopic (exact) mass is 417 g/mol. The van der Waals surface area contributed by atoms with Crippen molar-refractivity contribution in [2.45, 2.75) is 13.0 Å². The smallest absolute Gasteiger partial charge is 0.238 e. The van der Waals surface area contributed by atoms with Crippen molar-refractivity contribution in [3.63, 3.8) is 0 Å². The van der Waals surface area contributed by atoms with E-state index < -0.39 is 0 Å². The van der Waals surface area contributed by atoms with E-state index in [9.17, 15) is 0 Å². The zero-order valence-corrected chi connectivity index (χ0v) is 16.7. The van der Waals surface area contributed by atoms with E-state index in [-0.39, 0.29) is 6.04 Å². The molecule has 2 aromatic heterocycles. The molecule has 0 radical (unpaired) electrons. The van der Waals surface area contributed by atoms with Gasteiger partial charge in [-0.1, -0.05) is 23.2 Å². The molecule has 9 heteroatoms. The highest BCUT2D eigenvalue weighted by Gasteiger charge is 2.21. The number of pyridine rings is 1. The number of hydroxylamine groups is 1. The second-order valence-corrected chi connectivity index (χ2v) is 7.13. The normalized spacial score (nSPS) is 16.4. The predicted octanol–water partition coefficient (Wildman–Crippen LogP) is 3.91. The minimum Gasteiger partial charge on any atom is -0.479 e. The first-order chi connectivity index (χ1) is 13.5. The average Bonchev–Trinajstić information content (AvgIpc) is 3.13. The summed E-state index contributed by atoms with van der Waals surface area (Å²) in [5.74, 6) is 0.950. The Kier molecular flexibility index (Phi) is 5.21. The highest BCUT2D eigenvalue weighted by atomic mass is 35.5. The fourth-order valence-electron chi connectivity index (χ4n) is 2.93. The fraction of sp³-hybridized carbons (Fsp3) is 0.211. The van der Waals surface area contributed by atoms with Gasteiger partial charge >= 0.3 is 0 Å². The van der Waals surface area contributed by atoms with Gasteiger partial charge in [-0.25, -0.2) is 15.4 Å². The van der Waals surface area contributed by atoms with Crippen LogP contribution < -0.4 is 10.2 Å². The molecule has 28 heavy (non-hydrogen) atoms. The number of amidine groups is 1. The third-order valence-electron chi connectivity index (χ3n) is 4.23. The van der Waals surface area contributed by atoms with Crippen LogP contribution in [0.5, 0.6) is 5.88 Å². The topological polar surface area (TPSA) is 73.6 Å². The summed E-state index contributed by atoms with van der Waals surface area (Å²) in [5, 5.41) is 1.11. The van der Waals surface area contributed by atoms with Gasteiger partial charge < -0.3 is 9.30 Å². The number of hydrogen-bond donors (Lipinski definition) is 1. The standard InChI is InChI=1S/C19H17Cl2N5O2/c1-11-8-26(10-22-11)17-4-3-15(24-19(17)27-2)18-23-16(9-28-25-18)12-5-13(20)7-14(21)6-12/h3-8,10,16H,9H2,1-2H3,(H,23,25). The molecule has 0 fully saturated rings. The summed E-state index contributed by atoms with van der Waals surface area (Å²) in [6.45, 7) is 2.27. The lowest BCUT2D eigenvalue weighted by Crippen LogP contribution is -2.33. The molecule has 1 aliphatic heterocycles. The Labute approximate surface area is 171 Å². The Morgan fingerprint density at radius 3 is 2.68 bits per heavy atom. The third-order valence-corrected chi connectivity index (χ3v) is 4.67. The maximum absolute atomic E-state index is 6.11. The van der Waals surface area contributed by atoms with Crippen LogP contribution >= 0.6 is 23.2 Å². The molecule has 1 aliphatic rings. The van der Waals surface area contributed by atoms with Crippen molar-refractivity contribution in [2.75, 3.05) is 13.7 Å². The van der Waals surface area contributed by atoms with Crippen molar-refractivity contribution in [3.8, 4) is 11.6 Å². The minimum atomic E-state index is -0.254. The van der Waals surface area contributed by atoms with Gasteiger partial charge in [0.2, 0.25) is 5.88 Å². The van der Waals surface area contributed by atoms with Crippen molar-refractivity contribution < 1.29 is 9.57 Å². The molecule has 1 atom stereocenters. The molecule has 4 rings (SSSR count). The second kappa shape index (κ2) is 7.79. The molecule has 1 unspecified atom stereocenters. The van der Waals surface area contributed by atoms with Crippen LogP contribution in [0, 0.1) is 6.92 Å². The van der Waals surface area contributed by atoms with E-state index in [4.69, 9.17) is 37.8 Å². The van der Waals surface area contributed by atoms with E-state index in [0.717, 1.165) is 16.9 Å². The first kappa shape index (κ1) is 18.7. The maximum atomic E-state index is 6.11. The zero-order valence-electron chi connectivity index (χ0n) is 15.2. The van der Waals surface area contributed by atoms with Crippen LogP contribution in [-0.4, -0.2) is 34.1 Å². The Morgan fingerprint density at radius 1 is 1.21 bits per heavy atom. The molecule has 0 aliphatic carbocycles. The van der Waals surface area contributed by atoms with Crippen molar-refractivity contribution >= 4 is 29.0 Å². The lowest BCUT2D eigenvalue weighted by molar-refractivity contribution is 0.0620. The number of aryl methyl sites for hydroxylation is 1. The lowest BCUT2D eigenvalue weighted by Gasteiger charge is -2.22. The largest absolute Gasteiger partial charge is 0.479 e. The molecule has 1 aromatic carbocycles. The van der Waals surface area contributed by atoms with Gasteiger partial charge in [-0.15, -0.1) is 0 Å². The first-order valence-electron chi connectivity index (χ1n) is 8.51. The SMILES string of the molecule is COc1nc(C2=NC(c3cc(Cl)cc(Cl)c3)CON2)ccc1-n1cnc(C)c1. The Balaban J connectivity index is 1.68. The number of methoxy groups -OCH3 is 1. The summed E-state index contributed by atoms with van der Waals surface area (Å²) in [5.41, 5.74) is 5.97. The number of ether oxygens (including phenoxy) is 1. The number of imidazole rings is 1. The van der Waals surface area contributed by atoms with Crippen LogP contribution in [0.4, 0.5) is 0 Å². The van der Waals surface area contributed by atoms with Crippen LogP contribution in [0.15, 0.2) is 47.8 Å². The number of aliphatic imine (C=N–C) groups is 1. The van der Waals surface area contributed by atoms with Gasteiger partial charge in [-0.3, -0.25) is 9.83 Å². The molecule has 0 amide bonds. The minimum absolute atomic E-state index is 0.254. The molecule has 1 N–H and O–H groups in total. The summed E-state index contributed by atoms with van der Waals surface area (Å²) >= 11 is 12.2. The predicted molar refractivity (Wildman–Crippen MR) is 107 cm³/mol. The van der Waals surface area contributed by atoms with Crippen molar-refractivity contribution in [1.82, 2.24) is 20.0 Å². The summed E-state index contributed by atoms with van der Waals surface area (Å²) < 4.78 is 7.32. The number of halogens is 2. The second-order valence-electron chi connectivity index (χ2n) is 6.26. The van der Waals surface area contributed by atoms with Crippen molar-refractivity contribution in [3.05, 3.63) is 69.9 Å². The summed E-state index contributed by atoms with van der Waals surface area (Å²) in [4.78, 5) is 19.0.